The van der Waals surface area contributed by atoms with E-state index in [2.05, 4.69) is 0 Å². The fraction of sp³-hybridized carbons (Fsp3) is 0.364. The Labute approximate surface area is 102 Å². The summed E-state index contributed by atoms with van der Waals surface area (Å²) in [5, 5.41) is 9.26. The quantitative estimate of drug-likeness (QED) is 0.827. The average molecular weight is 263 g/mol. The van der Waals surface area contributed by atoms with Crippen LogP contribution in [0.25, 0.3) is 0 Å². The first-order valence-electron chi connectivity index (χ1n) is 4.86. The minimum Gasteiger partial charge on any atom is -0.481 e. The van der Waals surface area contributed by atoms with Crippen LogP contribution in [0.15, 0.2) is 12.1 Å². The molecule has 0 heterocycles. The molecule has 0 spiro atoms. The van der Waals surface area contributed by atoms with Gasteiger partial charge < -0.3 is 5.11 Å². The van der Waals surface area contributed by atoms with Crippen LogP contribution < -0.4 is 0 Å². The van der Waals surface area contributed by atoms with Crippen molar-refractivity contribution in [3.8, 4) is 0 Å². The maximum atomic E-state index is 13.4. The molecular formula is C11H9Cl2FO2. The number of carboxylic acid groups (broad SMARTS) is 1. The summed E-state index contributed by atoms with van der Waals surface area (Å²) in [7, 11) is 0. The van der Waals surface area contributed by atoms with Crippen LogP contribution in [-0.4, -0.2) is 11.1 Å². The number of rotatable bonds is 2. The molecule has 1 fully saturated rings. The van der Waals surface area contributed by atoms with Crippen molar-refractivity contribution in [3.05, 3.63) is 33.6 Å². The molecule has 16 heavy (non-hydrogen) atoms. The zero-order valence-corrected chi connectivity index (χ0v) is 9.78. The molecule has 1 aromatic rings. The molecule has 0 unspecified atom stereocenters. The van der Waals surface area contributed by atoms with Gasteiger partial charge >= 0.3 is 5.97 Å². The Kier molecular flexibility index (Phi) is 2.84. The summed E-state index contributed by atoms with van der Waals surface area (Å²) < 4.78 is 13.4. The third-order valence-corrected chi connectivity index (χ3v) is 3.73. The molecule has 0 radical (unpaired) electrons. The number of aliphatic carboxylic acids is 1. The molecule has 1 aliphatic rings. The minimum atomic E-state index is -1.05. The van der Waals surface area contributed by atoms with Crippen LogP contribution in [0.3, 0.4) is 0 Å². The second kappa shape index (κ2) is 3.90. The second-order valence-electron chi connectivity index (χ2n) is 3.99. The van der Waals surface area contributed by atoms with Crippen molar-refractivity contribution in [2.24, 2.45) is 0 Å². The van der Waals surface area contributed by atoms with Gasteiger partial charge in [0, 0.05) is 5.02 Å². The molecular weight excluding hydrogens is 254 g/mol. The smallest absolute Gasteiger partial charge is 0.314 e. The van der Waals surface area contributed by atoms with Gasteiger partial charge in [0.2, 0.25) is 0 Å². The van der Waals surface area contributed by atoms with Gasteiger partial charge in [-0.1, -0.05) is 29.6 Å². The molecule has 1 aliphatic carbocycles. The van der Waals surface area contributed by atoms with Crippen LogP contribution in [0.5, 0.6) is 0 Å². The summed E-state index contributed by atoms with van der Waals surface area (Å²) in [5.41, 5.74) is -0.763. The predicted molar refractivity (Wildman–Crippen MR) is 59.6 cm³/mol. The molecule has 0 bridgehead atoms. The topological polar surface area (TPSA) is 37.3 Å². The SMILES string of the molecule is O=C(O)C1(c2cc(Cl)cc(F)c2Cl)CCC1. The van der Waals surface area contributed by atoms with Gasteiger partial charge in [-0.25, -0.2) is 4.39 Å². The minimum absolute atomic E-state index is 0.133. The fourth-order valence-electron chi connectivity index (χ4n) is 2.03. The van der Waals surface area contributed by atoms with Crippen molar-refractivity contribution < 1.29 is 14.3 Å². The van der Waals surface area contributed by atoms with Crippen molar-refractivity contribution in [3.63, 3.8) is 0 Å². The molecule has 2 nitrogen and oxygen atoms in total. The van der Waals surface area contributed by atoms with Gasteiger partial charge in [0.1, 0.15) is 5.82 Å². The van der Waals surface area contributed by atoms with E-state index >= 15 is 0 Å². The van der Waals surface area contributed by atoms with E-state index in [1.807, 2.05) is 0 Å². The third-order valence-electron chi connectivity index (χ3n) is 3.13. The number of hydrogen-bond donors (Lipinski definition) is 1. The van der Waals surface area contributed by atoms with Gasteiger partial charge in [-0.15, -0.1) is 0 Å². The van der Waals surface area contributed by atoms with Crippen molar-refractivity contribution >= 4 is 29.2 Å². The lowest BCUT2D eigenvalue weighted by atomic mass is 9.64. The first-order chi connectivity index (χ1) is 7.47. The van der Waals surface area contributed by atoms with Gasteiger partial charge in [-0.05, 0) is 30.5 Å². The summed E-state index contributed by atoms with van der Waals surface area (Å²) in [5.74, 6) is -1.64. The highest BCUT2D eigenvalue weighted by Crippen LogP contribution is 2.47. The number of carbonyl (C=O) groups is 1. The Morgan fingerprint density at radius 3 is 2.44 bits per heavy atom. The number of halogens is 3. The molecule has 5 heteroatoms. The highest BCUT2D eigenvalue weighted by atomic mass is 35.5. The van der Waals surface area contributed by atoms with Crippen LogP contribution in [0.2, 0.25) is 10.0 Å². The van der Waals surface area contributed by atoms with E-state index in [1.165, 1.54) is 6.07 Å². The zero-order chi connectivity index (χ0) is 11.9. The molecule has 2 rings (SSSR count). The second-order valence-corrected chi connectivity index (χ2v) is 4.80. The molecule has 1 saturated carbocycles. The van der Waals surface area contributed by atoms with Crippen molar-refractivity contribution in [1.29, 1.82) is 0 Å². The van der Waals surface area contributed by atoms with Crippen LogP contribution in [0, 0.1) is 5.82 Å². The highest BCUT2D eigenvalue weighted by molar-refractivity contribution is 6.34. The first-order valence-corrected chi connectivity index (χ1v) is 5.61. The van der Waals surface area contributed by atoms with E-state index in [4.69, 9.17) is 23.2 Å². The van der Waals surface area contributed by atoms with Gasteiger partial charge in [-0.2, -0.15) is 0 Å². The van der Waals surface area contributed by atoms with E-state index in [0.717, 1.165) is 12.5 Å². The molecule has 0 saturated heterocycles. The molecule has 0 amide bonds. The summed E-state index contributed by atoms with van der Waals surface area (Å²) in [6.45, 7) is 0. The van der Waals surface area contributed by atoms with E-state index < -0.39 is 17.2 Å². The molecule has 1 N–H and O–H groups in total. The van der Waals surface area contributed by atoms with Gasteiger partial charge in [-0.3, -0.25) is 4.79 Å². The van der Waals surface area contributed by atoms with E-state index in [0.29, 0.717) is 12.8 Å². The molecule has 0 aliphatic heterocycles. The molecule has 1 aromatic carbocycles. The van der Waals surface area contributed by atoms with E-state index in [1.54, 1.807) is 0 Å². The Morgan fingerprint density at radius 1 is 1.38 bits per heavy atom. The van der Waals surface area contributed by atoms with Crippen molar-refractivity contribution in [2.75, 3.05) is 0 Å². The van der Waals surface area contributed by atoms with E-state index in [-0.39, 0.29) is 15.6 Å². The van der Waals surface area contributed by atoms with Gasteiger partial charge in [0.05, 0.1) is 10.4 Å². The third kappa shape index (κ3) is 1.59. The zero-order valence-electron chi connectivity index (χ0n) is 8.27. The number of hydrogen-bond acceptors (Lipinski definition) is 1. The summed E-state index contributed by atoms with van der Waals surface area (Å²) in [4.78, 5) is 11.3. The van der Waals surface area contributed by atoms with Gasteiger partial charge in [0.15, 0.2) is 0 Å². The molecule has 86 valence electrons. The Balaban J connectivity index is 2.59. The van der Waals surface area contributed by atoms with Crippen LogP contribution in [-0.2, 0) is 10.2 Å². The highest BCUT2D eigenvalue weighted by Gasteiger charge is 2.47. The first kappa shape index (κ1) is 11.7. The molecule has 0 aromatic heterocycles. The van der Waals surface area contributed by atoms with Crippen LogP contribution in [0.1, 0.15) is 24.8 Å². The fourth-order valence-corrected chi connectivity index (χ4v) is 2.53. The largest absolute Gasteiger partial charge is 0.481 e. The summed E-state index contributed by atoms with van der Waals surface area (Å²) in [6, 6.07) is 2.53. The predicted octanol–water partition coefficient (Wildman–Crippen LogP) is 3.64. The van der Waals surface area contributed by atoms with Crippen molar-refractivity contribution in [2.45, 2.75) is 24.7 Å². The lowest BCUT2D eigenvalue weighted by Crippen LogP contribution is -2.42. The Bertz CT molecular complexity index is 456. The lowest BCUT2D eigenvalue weighted by Gasteiger charge is -2.38. The Morgan fingerprint density at radius 2 is 2.00 bits per heavy atom. The normalized spacial score (nSPS) is 17.9. The van der Waals surface area contributed by atoms with Crippen molar-refractivity contribution in [1.82, 2.24) is 0 Å². The standard InChI is InChI=1S/C11H9Cl2FO2/c12-6-4-7(9(13)8(14)5-6)11(10(15)16)2-1-3-11/h4-5H,1-3H2,(H,15,16). The van der Waals surface area contributed by atoms with Gasteiger partial charge in [0.25, 0.3) is 0 Å². The van der Waals surface area contributed by atoms with E-state index in [9.17, 15) is 14.3 Å². The summed E-state index contributed by atoms with van der Waals surface area (Å²) in [6.07, 6.45) is 1.75. The summed E-state index contributed by atoms with van der Waals surface area (Å²) >= 11 is 11.5. The lowest BCUT2D eigenvalue weighted by molar-refractivity contribution is -0.147. The molecule has 0 atom stereocenters. The number of carboxylic acids is 1. The van der Waals surface area contributed by atoms with Crippen LogP contribution >= 0.6 is 23.2 Å². The number of benzene rings is 1. The maximum absolute atomic E-state index is 13.4. The average Bonchev–Trinajstić information content (AvgIpc) is 2.10. The Hall–Kier alpha value is -0.800. The maximum Gasteiger partial charge on any atom is 0.314 e. The van der Waals surface area contributed by atoms with Crippen LogP contribution in [0.4, 0.5) is 4.39 Å². The monoisotopic (exact) mass is 262 g/mol.